The molecule has 0 spiro atoms. The molecule has 2 unspecified atom stereocenters. The second-order valence-corrected chi connectivity index (χ2v) is 10.1. The number of ketones is 1. The van der Waals surface area contributed by atoms with Crippen molar-refractivity contribution in [1.82, 2.24) is 0 Å². The van der Waals surface area contributed by atoms with Gasteiger partial charge in [-0.05, 0) is 45.4 Å². The Balaban J connectivity index is 1.51. The predicted octanol–water partition coefficient (Wildman–Crippen LogP) is 5.16. The molecule has 0 radical (unpaired) electrons. The number of hydrogen-bond donors (Lipinski definition) is 0. The van der Waals surface area contributed by atoms with E-state index in [1.54, 1.807) is 6.92 Å². The average Bonchev–Trinajstić information content (AvgIpc) is 2.86. The molecular weight excluding hydrogens is 408 g/mol. The van der Waals surface area contributed by atoms with Gasteiger partial charge >= 0.3 is 11.9 Å². The van der Waals surface area contributed by atoms with Crippen LogP contribution in [0, 0.1) is 17.8 Å². The van der Waals surface area contributed by atoms with E-state index in [-0.39, 0.29) is 48.7 Å². The Morgan fingerprint density at radius 2 is 1.12 bits per heavy atom. The van der Waals surface area contributed by atoms with E-state index in [0.717, 1.165) is 83.5 Å². The summed E-state index contributed by atoms with van der Waals surface area (Å²) in [5.74, 6) is -0.340. The van der Waals surface area contributed by atoms with Gasteiger partial charge in [-0.15, -0.1) is 0 Å². The van der Waals surface area contributed by atoms with Crippen LogP contribution < -0.4 is 0 Å². The molecule has 3 aliphatic carbocycles. The third-order valence-corrected chi connectivity index (χ3v) is 7.51. The van der Waals surface area contributed by atoms with E-state index in [9.17, 15) is 14.4 Å². The summed E-state index contributed by atoms with van der Waals surface area (Å²) in [6, 6.07) is 0. The van der Waals surface area contributed by atoms with E-state index < -0.39 is 12.2 Å². The number of esters is 2. The second kappa shape index (κ2) is 13.3. The van der Waals surface area contributed by atoms with Crippen LogP contribution in [-0.2, 0) is 28.6 Å². The number of carbonyl (C=O) groups is 3. The zero-order chi connectivity index (χ0) is 22.8. The zero-order valence-electron chi connectivity index (χ0n) is 19.9. The minimum Gasteiger partial charge on any atom is -0.461 e. The topological polar surface area (TPSA) is 78.9 Å². The van der Waals surface area contributed by atoms with Crippen molar-refractivity contribution in [3.05, 3.63) is 0 Å². The Bertz CT molecular complexity index is 599. The number of hydrogen-bond acceptors (Lipinski definition) is 6. The minimum atomic E-state index is -0.668. The molecule has 6 heteroatoms. The standard InChI is InChI=1S/C26H42O6/c1-19(24(27)20-11-5-2-6-12-20)30-17-23(32-26(29)22-15-9-4-10-16-22)18-31-25(28)21-13-7-3-8-14-21/h19-23H,2-18H2,1H3. The highest BCUT2D eigenvalue weighted by atomic mass is 16.6. The minimum absolute atomic E-state index is 0.00185. The fraction of sp³-hybridized carbons (Fsp3) is 0.885. The molecule has 0 heterocycles. The summed E-state index contributed by atoms with van der Waals surface area (Å²) < 4.78 is 17.2. The highest BCUT2D eigenvalue weighted by Gasteiger charge is 2.30. The molecule has 3 fully saturated rings. The van der Waals surface area contributed by atoms with Crippen LogP contribution in [0.25, 0.3) is 0 Å². The Morgan fingerprint density at radius 1 is 0.656 bits per heavy atom. The van der Waals surface area contributed by atoms with Crippen molar-refractivity contribution in [1.29, 1.82) is 0 Å². The van der Waals surface area contributed by atoms with E-state index >= 15 is 0 Å². The van der Waals surface area contributed by atoms with Crippen molar-refractivity contribution < 1.29 is 28.6 Å². The maximum absolute atomic E-state index is 12.7. The highest BCUT2D eigenvalue weighted by molar-refractivity contribution is 5.85. The van der Waals surface area contributed by atoms with Gasteiger partial charge in [-0.25, -0.2) is 0 Å². The first-order valence-corrected chi connectivity index (χ1v) is 13.1. The number of Topliss-reactive ketones (excluding diaryl/α,β-unsaturated/α-hetero) is 1. The number of rotatable bonds is 10. The van der Waals surface area contributed by atoms with Gasteiger partial charge in [-0.3, -0.25) is 14.4 Å². The highest BCUT2D eigenvalue weighted by Crippen LogP contribution is 2.28. The summed E-state index contributed by atoms with van der Waals surface area (Å²) in [5, 5.41) is 0. The quantitative estimate of drug-likeness (QED) is 0.428. The van der Waals surface area contributed by atoms with Gasteiger partial charge in [-0.1, -0.05) is 57.8 Å². The molecule has 3 aliphatic rings. The van der Waals surface area contributed by atoms with Gasteiger partial charge in [0.15, 0.2) is 11.9 Å². The van der Waals surface area contributed by atoms with E-state index in [1.165, 1.54) is 12.8 Å². The Kier molecular flexibility index (Phi) is 10.5. The normalized spacial score (nSPS) is 23.3. The van der Waals surface area contributed by atoms with Crippen molar-refractivity contribution in [3.8, 4) is 0 Å². The fourth-order valence-electron chi connectivity index (χ4n) is 5.40. The van der Waals surface area contributed by atoms with Crippen molar-refractivity contribution in [2.45, 2.75) is 115 Å². The monoisotopic (exact) mass is 450 g/mol. The van der Waals surface area contributed by atoms with Gasteiger partial charge in [0.2, 0.25) is 0 Å². The maximum Gasteiger partial charge on any atom is 0.309 e. The molecule has 0 saturated heterocycles. The molecule has 32 heavy (non-hydrogen) atoms. The molecule has 3 saturated carbocycles. The maximum atomic E-state index is 12.7. The Morgan fingerprint density at radius 3 is 1.66 bits per heavy atom. The van der Waals surface area contributed by atoms with E-state index in [2.05, 4.69) is 0 Å². The fourth-order valence-corrected chi connectivity index (χ4v) is 5.40. The van der Waals surface area contributed by atoms with Crippen molar-refractivity contribution in [2.24, 2.45) is 17.8 Å². The predicted molar refractivity (Wildman–Crippen MR) is 121 cm³/mol. The molecule has 0 aromatic carbocycles. The number of ether oxygens (including phenoxy) is 3. The molecule has 0 aromatic heterocycles. The SMILES string of the molecule is CC(OCC(COC(=O)C1CCCCC1)OC(=O)C1CCCCC1)C(=O)C1CCCCC1. The zero-order valence-corrected chi connectivity index (χ0v) is 19.9. The van der Waals surface area contributed by atoms with Crippen LogP contribution in [0.2, 0.25) is 0 Å². The van der Waals surface area contributed by atoms with Gasteiger partial charge in [-0.2, -0.15) is 0 Å². The second-order valence-electron chi connectivity index (χ2n) is 10.1. The molecule has 2 atom stereocenters. The van der Waals surface area contributed by atoms with Crippen LogP contribution in [0.3, 0.4) is 0 Å². The smallest absolute Gasteiger partial charge is 0.309 e. The van der Waals surface area contributed by atoms with E-state index in [1.807, 2.05) is 0 Å². The third kappa shape index (κ3) is 7.86. The molecule has 3 rings (SSSR count). The third-order valence-electron chi connectivity index (χ3n) is 7.51. The van der Waals surface area contributed by atoms with Crippen LogP contribution in [-0.4, -0.2) is 43.1 Å². The summed E-state index contributed by atoms with van der Waals surface area (Å²) in [7, 11) is 0. The van der Waals surface area contributed by atoms with Gasteiger partial charge in [0, 0.05) is 5.92 Å². The van der Waals surface area contributed by atoms with Gasteiger partial charge in [0.25, 0.3) is 0 Å². The van der Waals surface area contributed by atoms with Crippen LogP contribution >= 0.6 is 0 Å². The molecule has 0 N–H and O–H groups in total. The molecule has 0 bridgehead atoms. The summed E-state index contributed by atoms with van der Waals surface area (Å²) in [6.45, 7) is 1.86. The molecule has 0 amide bonds. The number of carbonyl (C=O) groups excluding carboxylic acids is 3. The largest absolute Gasteiger partial charge is 0.461 e. The van der Waals surface area contributed by atoms with Gasteiger partial charge < -0.3 is 14.2 Å². The van der Waals surface area contributed by atoms with Gasteiger partial charge in [0.1, 0.15) is 12.7 Å². The molecular formula is C26H42O6. The van der Waals surface area contributed by atoms with Crippen LogP contribution in [0.1, 0.15) is 103 Å². The first kappa shape index (κ1) is 25.2. The molecule has 6 nitrogen and oxygen atoms in total. The van der Waals surface area contributed by atoms with E-state index in [4.69, 9.17) is 14.2 Å². The summed E-state index contributed by atoms with van der Waals surface area (Å²) in [6.07, 6.45) is 14.1. The first-order valence-electron chi connectivity index (χ1n) is 13.1. The molecule has 0 aromatic rings. The van der Waals surface area contributed by atoms with Crippen LogP contribution in [0.4, 0.5) is 0 Å². The molecule has 0 aliphatic heterocycles. The van der Waals surface area contributed by atoms with E-state index in [0.29, 0.717) is 0 Å². The lowest BCUT2D eigenvalue weighted by atomic mass is 9.85. The van der Waals surface area contributed by atoms with Crippen LogP contribution in [0.5, 0.6) is 0 Å². The lowest BCUT2D eigenvalue weighted by molar-refractivity contribution is -0.171. The average molecular weight is 451 g/mol. The van der Waals surface area contributed by atoms with Crippen molar-refractivity contribution in [3.63, 3.8) is 0 Å². The van der Waals surface area contributed by atoms with Crippen molar-refractivity contribution >= 4 is 17.7 Å². The molecule has 182 valence electrons. The van der Waals surface area contributed by atoms with Crippen LogP contribution in [0.15, 0.2) is 0 Å². The van der Waals surface area contributed by atoms with Crippen molar-refractivity contribution in [2.75, 3.05) is 13.2 Å². The summed E-state index contributed by atoms with van der Waals surface area (Å²) >= 11 is 0. The first-order chi connectivity index (χ1) is 15.5. The Labute approximate surface area is 193 Å². The summed E-state index contributed by atoms with van der Waals surface area (Å²) in [4.78, 5) is 37.9. The lowest BCUT2D eigenvalue weighted by Gasteiger charge is -2.27. The van der Waals surface area contributed by atoms with Gasteiger partial charge in [0.05, 0.1) is 18.4 Å². The lowest BCUT2D eigenvalue weighted by Crippen LogP contribution is -2.37. The summed E-state index contributed by atoms with van der Waals surface area (Å²) in [5.41, 5.74) is 0. The Hall–Kier alpha value is -1.43.